The highest BCUT2D eigenvalue weighted by molar-refractivity contribution is 5.77. The van der Waals surface area contributed by atoms with Gasteiger partial charge in [-0.15, -0.1) is 0 Å². The van der Waals surface area contributed by atoms with E-state index in [9.17, 15) is 4.79 Å². The van der Waals surface area contributed by atoms with Crippen molar-refractivity contribution in [1.29, 1.82) is 0 Å². The molecule has 0 aromatic carbocycles. The number of carbonyl (C=O) groups is 1. The minimum Gasteiger partial charge on any atom is -0.338 e. The van der Waals surface area contributed by atoms with Crippen LogP contribution in [-0.4, -0.2) is 36.5 Å². The lowest BCUT2D eigenvalue weighted by Gasteiger charge is -2.35. The fourth-order valence-corrected chi connectivity index (χ4v) is 2.30. The van der Waals surface area contributed by atoms with Crippen LogP contribution in [-0.2, 0) is 4.79 Å². The number of nitrogens with zero attached hydrogens (tertiary/aromatic N) is 1. The average Bonchev–Trinajstić information content (AvgIpc) is 2.61. The molecular weight excluding hydrogens is 164 g/mol. The number of hydrogen-bond donors (Lipinski definition) is 1. The first-order valence-corrected chi connectivity index (χ1v) is 5.27. The Labute approximate surface area is 79.5 Å². The Hall–Kier alpha value is -0.570. The largest absolute Gasteiger partial charge is 0.338 e. The average molecular weight is 182 g/mol. The van der Waals surface area contributed by atoms with Gasteiger partial charge in [0.1, 0.15) is 0 Å². The van der Waals surface area contributed by atoms with Gasteiger partial charge in [-0.3, -0.25) is 4.79 Å². The summed E-state index contributed by atoms with van der Waals surface area (Å²) >= 11 is 0. The van der Waals surface area contributed by atoms with Gasteiger partial charge in [-0.25, -0.2) is 0 Å². The molecule has 0 aromatic rings. The molecule has 1 N–H and O–H groups in total. The van der Waals surface area contributed by atoms with Gasteiger partial charge in [-0.05, 0) is 25.3 Å². The Kier molecular flexibility index (Phi) is 2.54. The Bertz CT molecular complexity index is 199. The van der Waals surface area contributed by atoms with E-state index in [2.05, 4.69) is 17.1 Å². The van der Waals surface area contributed by atoms with Crippen LogP contribution in [0.25, 0.3) is 0 Å². The van der Waals surface area contributed by atoms with Gasteiger partial charge in [0.2, 0.25) is 5.91 Å². The zero-order chi connectivity index (χ0) is 9.26. The number of rotatable bonds is 1. The number of likely N-dealkylation sites (tertiary alicyclic amines) is 1. The van der Waals surface area contributed by atoms with E-state index >= 15 is 0 Å². The van der Waals surface area contributed by atoms with Gasteiger partial charge in [0, 0.05) is 25.6 Å². The van der Waals surface area contributed by atoms with Crippen molar-refractivity contribution < 1.29 is 4.79 Å². The van der Waals surface area contributed by atoms with Gasteiger partial charge in [-0.2, -0.15) is 0 Å². The highest BCUT2D eigenvalue weighted by atomic mass is 16.2. The summed E-state index contributed by atoms with van der Waals surface area (Å²) in [5, 5.41) is 3.31. The molecule has 3 heteroatoms. The molecular formula is C10H18N2O. The maximum Gasteiger partial charge on any atom is 0.222 e. The molecule has 0 radical (unpaired) electrons. The number of amides is 1. The molecule has 13 heavy (non-hydrogen) atoms. The summed E-state index contributed by atoms with van der Waals surface area (Å²) in [5.74, 6) is 1.06. The lowest BCUT2D eigenvalue weighted by molar-refractivity contribution is -0.136. The molecule has 2 heterocycles. The van der Waals surface area contributed by atoms with Gasteiger partial charge in [0.05, 0.1) is 0 Å². The molecule has 0 aliphatic carbocycles. The van der Waals surface area contributed by atoms with Gasteiger partial charge in [0.25, 0.3) is 0 Å². The van der Waals surface area contributed by atoms with Crippen molar-refractivity contribution in [3.05, 3.63) is 0 Å². The SMILES string of the molecule is CC1CCC(=O)N(C2CCNC2)C1. The molecule has 2 atom stereocenters. The minimum absolute atomic E-state index is 0.367. The van der Waals surface area contributed by atoms with Crippen LogP contribution in [0.3, 0.4) is 0 Å². The van der Waals surface area contributed by atoms with Crippen molar-refractivity contribution in [2.75, 3.05) is 19.6 Å². The summed E-state index contributed by atoms with van der Waals surface area (Å²) in [6, 6.07) is 0.482. The third-order valence-corrected chi connectivity index (χ3v) is 3.15. The molecule has 1 amide bonds. The molecule has 3 nitrogen and oxygen atoms in total. The van der Waals surface area contributed by atoms with E-state index in [1.165, 1.54) is 0 Å². The molecule has 2 rings (SSSR count). The second kappa shape index (κ2) is 3.66. The second-order valence-electron chi connectivity index (χ2n) is 4.34. The zero-order valence-corrected chi connectivity index (χ0v) is 8.25. The third-order valence-electron chi connectivity index (χ3n) is 3.15. The molecule has 2 aliphatic heterocycles. The monoisotopic (exact) mass is 182 g/mol. The third kappa shape index (κ3) is 1.85. The van der Waals surface area contributed by atoms with E-state index in [1.54, 1.807) is 0 Å². The Morgan fingerprint density at radius 3 is 3.00 bits per heavy atom. The van der Waals surface area contributed by atoms with E-state index in [1.807, 2.05) is 0 Å². The molecule has 74 valence electrons. The summed E-state index contributed by atoms with van der Waals surface area (Å²) in [7, 11) is 0. The molecule has 0 spiro atoms. The van der Waals surface area contributed by atoms with Crippen LogP contribution < -0.4 is 5.32 Å². The summed E-state index contributed by atoms with van der Waals surface area (Å²) in [4.78, 5) is 13.7. The maximum absolute atomic E-state index is 11.6. The van der Waals surface area contributed by atoms with Crippen LogP contribution >= 0.6 is 0 Å². The van der Waals surface area contributed by atoms with Crippen molar-refractivity contribution in [1.82, 2.24) is 10.2 Å². The molecule has 2 aliphatic rings. The standard InChI is InChI=1S/C10H18N2O/c1-8-2-3-10(13)12(7-8)9-4-5-11-6-9/h8-9,11H,2-7H2,1H3. The van der Waals surface area contributed by atoms with Crippen molar-refractivity contribution >= 4 is 5.91 Å². The van der Waals surface area contributed by atoms with Crippen molar-refractivity contribution in [3.8, 4) is 0 Å². The topological polar surface area (TPSA) is 32.3 Å². The molecule has 0 aromatic heterocycles. The fraction of sp³-hybridized carbons (Fsp3) is 0.900. The van der Waals surface area contributed by atoms with Crippen molar-refractivity contribution in [2.24, 2.45) is 5.92 Å². The van der Waals surface area contributed by atoms with E-state index in [0.717, 1.165) is 38.9 Å². The number of nitrogens with one attached hydrogen (secondary N) is 1. The summed E-state index contributed by atoms with van der Waals surface area (Å²) < 4.78 is 0. The predicted molar refractivity (Wildman–Crippen MR) is 51.4 cm³/mol. The summed E-state index contributed by atoms with van der Waals surface area (Å²) in [5.41, 5.74) is 0. The summed E-state index contributed by atoms with van der Waals surface area (Å²) in [6.07, 6.45) is 2.98. The zero-order valence-electron chi connectivity index (χ0n) is 8.25. The van der Waals surface area contributed by atoms with Crippen LogP contribution in [0.2, 0.25) is 0 Å². The van der Waals surface area contributed by atoms with Gasteiger partial charge >= 0.3 is 0 Å². The quantitative estimate of drug-likeness (QED) is 0.644. The molecule has 0 saturated carbocycles. The Morgan fingerprint density at radius 2 is 2.31 bits per heavy atom. The van der Waals surface area contributed by atoms with E-state index in [0.29, 0.717) is 17.9 Å². The summed E-state index contributed by atoms with van der Waals surface area (Å²) in [6.45, 7) is 5.29. The predicted octanol–water partition coefficient (Wildman–Crippen LogP) is 0.607. The van der Waals surface area contributed by atoms with Gasteiger partial charge < -0.3 is 10.2 Å². The van der Waals surface area contributed by atoms with E-state index in [4.69, 9.17) is 0 Å². The van der Waals surface area contributed by atoms with Crippen molar-refractivity contribution in [2.45, 2.75) is 32.2 Å². The van der Waals surface area contributed by atoms with Crippen molar-refractivity contribution in [3.63, 3.8) is 0 Å². The fourth-order valence-electron chi connectivity index (χ4n) is 2.30. The lowest BCUT2D eigenvalue weighted by atomic mass is 9.98. The molecule has 0 bridgehead atoms. The number of carbonyl (C=O) groups excluding carboxylic acids is 1. The Morgan fingerprint density at radius 1 is 1.46 bits per heavy atom. The smallest absolute Gasteiger partial charge is 0.222 e. The molecule has 2 fully saturated rings. The van der Waals surface area contributed by atoms with Crippen LogP contribution in [0.4, 0.5) is 0 Å². The first kappa shape index (κ1) is 9.00. The molecule has 2 unspecified atom stereocenters. The van der Waals surface area contributed by atoms with E-state index < -0.39 is 0 Å². The normalized spacial score (nSPS) is 35.5. The number of hydrogen-bond acceptors (Lipinski definition) is 2. The maximum atomic E-state index is 11.6. The van der Waals surface area contributed by atoms with Crippen LogP contribution in [0.5, 0.6) is 0 Å². The van der Waals surface area contributed by atoms with Crippen LogP contribution in [0, 0.1) is 5.92 Å². The highest BCUT2D eigenvalue weighted by Gasteiger charge is 2.30. The molecule has 2 saturated heterocycles. The Balaban J connectivity index is 1.98. The minimum atomic E-state index is 0.367. The van der Waals surface area contributed by atoms with Crippen LogP contribution in [0.15, 0.2) is 0 Å². The van der Waals surface area contributed by atoms with Gasteiger partial charge in [-0.1, -0.05) is 6.92 Å². The number of piperidine rings is 1. The second-order valence-corrected chi connectivity index (χ2v) is 4.34. The first-order valence-electron chi connectivity index (χ1n) is 5.27. The van der Waals surface area contributed by atoms with E-state index in [-0.39, 0.29) is 0 Å². The van der Waals surface area contributed by atoms with Crippen LogP contribution in [0.1, 0.15) is 26.2 Å². The highest BCUT2D eigenvalue weighted by Crippen LogP contribution is 2.21. The van der Waals surface area contributed by atoms with Gasteiger partial charge in [0.15, 0.2) is 0 Å². The first-order chi connectivity index (χ1) is 6.27. The lowest BCUT2D eigenvalue weighted by Crippen LogP contribution is -2.46.